The van der Waals surface area contributed by atoms with Crippen molar-refractivity contribution in [3.05, 3.63) is 0 Å². The minimum Gasteiger partial charge on any atom is -0.380 e. The number of nitrogens with two attached hydrogens (primary N) is 1. The first kappa shape index (κ1) is 13.3. The van der Waals surface area contributed by atoms with Crippen LogP contribution in [0.1, 0.15) is 27.7 Å². The Hall–Kier alpha value is 0.270. The summed E-state index contributed by atoms with van der Waals surface area (Å²) in [7, 11) is 0. The summed E-state index contributed by atoms with van der Waals surface area (Å²) < 4.78 is 5.45. The van der Waals surface area contributed by atoms with Gasteiger partial charge in [0.1, 0.15) is 0 Å². The van der Waals surface area contributed by atoms with Crippen molar-refractivity contribution in [2.75, 3.05) is 24.7 Å². The van der Waals surface area contributed by atoms with E-state index in [1.807, 2.05) is 11.8 Å². The van der Waals surface area contributed by atoms with Crippen LogP contribution in [-0.4, -0.2) is 30.3 Å². The maximum Gasteiger partial charge on any atom is 0.0556 e. The minimum atomic E-state index is -0.0529. The average molecular weight is 205 g/mol. The van der Waals surface area contributed by atoms with E-state index in [9.17, 15) is 0 Å². The second-order valence-corrected chi connectivity index (χ2v) is 5.62. The quantitative estimate of drug-likeness (QED) is 0.647. The van der Waals surface area contributed by atoms with Gasteiger partial charge in [0.05, 0.1) is 6.61 Å². The highest BCUT2D eigenvalue weighted by Gasteiger charge is 2.09. The van der Waals surface area contributed by atoms with Crippen LogP contribution in [0.15, 0.2) is 0 Å². The number of hydrogen-bond acceptors (Lipinski definition) is 3. The molecule has 0 unspecified atom stereocenters. The summed E-state index contributed by atoms with van der Waals surface area (Å²) in [5.74, 6) is 2.68. The molecule has 0 saturated carbocycles. The highest BCUT2D eigenvalue weighted by atomic mass is 32.2. The fourth-order valence-corrected chi connectivity index (χ4v) is 1.68. The second-order valence-electron chi connectivity index (χ2n) is 4.51. The predicted molar refractivity (Wildman–Crippen MR) is 61.2 cm³/mol. The first-order chi connectivity index (χ1) is 5.92. The first-order valence-corrected chi connectivity index (χ1v) is 6.01. The molecule has 0 aliphatic rings. The Balaban J connectivity index is 3.09. The third-order valence-corrected chi connectivity index (χ3v) is 2.70. The van der Waals surface area contributed by atoms with Gasteiger partial charge in [-0.3, -0.25) is 0 Å². The number of ether oxygens (including phenoxy) is 1. The second kappa shape index (κ2) is 6.68. The molecule has 0 aromatic heterocycles. The summed E-state index contributed by atoms with van der Waals surface area (Å²) in [6.45, 7) is 10.1. The molecule has 2 N–H and O–H groups in total. The third-order valence-electron chi connectivity index (χ3n) is 1.30. The Morgan fingerprint density at radius 2 is 2.00 bits per heavy atom. The van der Waals surface area contributed by atoms with Gasteiger partial charge in [0.2, 0.25) is 0 Å². The van der Waals surface area contributed by atoms with E-state index in [0.717, 1.165) is 24.7 Å². The Kier molecular flexibility index (Phi) is 6.82. The van der Waals surface area contributed by atoms with Crippen molar-refractivity contribution >= 4 is 11.8 Å². The molecule has 0 fully saturated rings. The van der Waals surface area contributed by atoms with Gasteiger partial charge in [-0.25, -0.2) is 0 Å². The van der Waals surface area contributed by atoms with E-state index < -0.39 is 0 Å². The Morgan fingerprint density at radius 1 is 1.38 bits per heavy atom. The van der Waals surface area contributed by atoms with E-state index in [4.69, 9.17) is 10.5 Å². The van der Waals surface area contributed by atoms with Gasteiger partial charge in [0.15, 0.2) is 0 Å². The molecule has 80 valence electrons. The number of rotatable bonds is 7. The van der Waals surface area contributed by atoms with Crippen molar-refractivity contribution < 1.29 is 4.74 Å². The molecular formula is C10H23NOS. The summed E-state index contributed by atoms with van der Waals surface area (Å²) >= 11 is 1.86. The lowest BCUT2D eigenvalue weighted by molar-refractivity contribution is 0.124. The van der Waals surface area contributed by atoms with Crippen molar-refractivity contribution in [2.24, 2.45) is 11.7 Å². The van der Waals surface area contributed by atoms with E-state index in [1.54, 1.807) is 0 Å². The SMILES string of the molecule is CC(C)COCCSCC(C)(C)N. The van der Waals surface area contributed by atoms with Crippen molar-refractivity contribution in [1.82, 2.24) is 0 Å². The molecule has 0 saturated heterocycles. The Morgan fingerprint density at radius 3 is 2.46 bits per heavy atom. The molecule has 0 bridgehead atoms. The lowest BCUT2D eigenvalue weighted by Crippen LogP contribution is -2.34. The molecule has 0 aromatic rings. The normalized spacial score (nSPS) is 12.5. The molecule has 2 nitrogen and oxygen atoms in total. The van der Waals surface area contributed by atoms with Gasteiger partial charge in [0, 0.05) is 23.7 Å². The molecule has 0 aliphatic carbocycles. The van der Waals surface area contributed by atoms with Gasteiger partial charge in [-0.1, -0.05) is 13.8 Å². The van der Waals surface area contributed by atoms with Crippen molar-refractivity contribution in [3.8, 4) is 0 Å². The number of thioether (sulfide) groups is 1. The van der Waals surface area contributed by atoms with Crippen molar-refractivity contribution in [1.29, 1.82) is 0 Å². The standard InChI is InChI=1S/C10H23NOS/c1-9(2)7-12-5-6-13-8-10(3,4)11/h9H,5-8,11H2,1-4H3. The third kappa shape index (κ3) is 12.3. The summed E-state index contributed by atoms with van der Waals surface area (Å²) in [5.41, 5.74) is 5.78. The van der Waals surface area contributed by atoms with Gasteiger partial charge >= 0.3 is 0 Å². The van der Waals surface area contributed by atoms with Crippen LogP contribution in [0.5, 0.6) is 0 Å². The van der Waals surface area contributed by atoms with Crippen LogP contribution in [-0.2, 0) is 4.74 Å². The van der Waals surface area contributed by atoms with Gasteiger partial charge in [-0.2, -0.15) is 11.8 Å². The van der Waals surface area contributed by atoms with Crippen molar-refractivity contribution in [3.63, 3.8) is 0 Å². The number of hydrogen-bond donors (Lipinski definition) is 1. The zero-order chi connectivity index (χ0) is 10.3. The molecule has 0 aromatic carbocycles. The van der Waals surface area contributed by atoms with Crippen LogP contribution in [0.4, 0.5) is 0 Å². The topological polar surface area (TPSA) is 35.2 Å². The smallest absolute Gasteiger partial charge is 0.0556 e. The summed E-state index contributed by atoms with van der Waals surface area (Å²) in [4.78, 5) is 0. The lowest BCUT2D eigenvalue weighted by Gasteiger charge is -2.17. The van der Waals surface area contributed by atoms with E-state index in [0.29, 0.717) is 5.92 Å². The summed E-state index contributed by atoms with van der Waals surface area (Å²) in [6, 6.07) is 0. The predicted octanol–water partition coefficient (Wildman–Crippen LogP) is 2.13. The maximum absolute atomic E-state index is 5.84. The monoisotopic (exact) mass is 205 g/mol. The van der Waals surface area contributed by atoms with Gasteiger partial charge in [-0.15, -0.1) is 0 Å². The van der Waals surface area contributed by atoms with Crippen LogP contribution in [0, 0.1) is 5.92 Å². The molecule has 0 radical (unpaired) electrons. The molecule has 0 heterocycles. The van der Waals surface area contributed by atoms with Crippen LogP contribution < -0.4 is 5.73 Å². The molecular weight excluding hydrogens is 182 g/mol. The Labute approximate surface area is 86.6 Å². The lowest BCUT2D eigenvalue weighted by atomic mass is 10.1. The summed E-state index contributed by atoms with van der Waals surface area (Å²) in [5, 5.41) is 0. The highest BCUT2D eigenvalue weighted by Crippen LogP contribution is 2.09. The molecule has 0 atom stereocenters. The van der Waals surface area contributed by atoms with Crippen LogP contribution in [0.3, 0.4) is 0 Å². The van der Waals surface area contributed by atoms with E-state index in [1.165, 1.54) is 0 Å². The molecule has 13 heavy (non-hydrogen) atoms. The zero-order valence-electron chi connectivity index (χ0n) is 9.30. The molecule has 3 heteroatoms. The van der Waals surface area contributed by atoms with E-state index >= 15 is 0 Å². The zero-order valence-corrected chi connectivity index (χ0v) is 10.1. The van der Waals surface area contributed by atoms with E-state index in [-0.39, 0.29) is 5.54 Å². The Bertz CT molecular complexity index is 121. The molecule has 0 aliphatic heterocycles. The van der Waals surface area contributed by atoms with Crippen LogP contribution in [0.25, 0.3) is 0 Å². The van der Waals surface area contributed by atoms with E-state index in [2.05, 4.69) is 27.7 Å². The van der Waals surface area contributed by atoms with Gasteiger partial charge < -0.3 is 10.5 Å². The average Bonchev–Trinajstić information content (AvgIpc) is 1.93. The van der Waals surface area contributed by atoms with Gasteiger partial charge in [0.25, 0.3) is 0 Å². The van der Waals surface area contributed by atoms with Crippen LogP contribution in [0.2, 0.25) is 0 Å². The van der Waals surface area contributed by atoms with Crippen LogP contribution >= 0.6 is 11.8 Å². The fraction of sp³-hybridized carbons (Fsp3) is 1.00. The summed E-state index contributed by atoms with van der Waals surface area (Å²) in [6.07, 6.45) is 0. The minimum absolute atomic E-state index is 0.0529. The molecule has 0 amide bonds. The largest absolute Gasteiger partial charge is 0.380 e. The first-order valence-electron chi connectivity index (χ1n) is 4.86. The molecule has 0 spiro atoms. The highest BCUT2D eigenvalue weighted by molar-refractivity contribution is 7.99. The fourth-order valence-electron chi connectivity index (χ4n) is 0.772. The van der Waals surface area contributed by atoms with Gasteiger partial charge in [-0.05, 0) is 19.8 Å². The molecule has 0 rings (SSSR count). The maximum atomic E-state index is 5.84. The van der Waals surface area contributed by atoms with Crippen molar-refractivity contribution in [2.45, 2.75) is 33.2 Å².